The first kappa shape index (κ1) is 12.2. The Labute approximate surface area is 92.5 Å². The molecule has 0 aromatic heterocycles. The summed E-state index contributed by atoms with van der Waals surface area (Å²) in [5.74, 6) is 0. The second-order valence-electron chi connectivity index (χ2n) is 4.13. The van der Waals surface area contributed by atoms with Gasteiger partial charge in [-0.2, -0.15) is 0 Å². The van der Waals surface area contributed by atoms with Gasteiger partial charge in [-0.05, 0) is 38.1 Å². The Kier molecular flexibility index (Phi) is 4.79. The van der Waals surface area contributed by atoms with Crippen molar-refractivity contribution < 1.29 is 5.11 Å². The van der Waals surface area contributed by atoms with Gasteiger partial charge in [-0.1, -0.05) is 31.2 Å². The minimum Gasteiger partial charge on any atom is -0.387 e. The lowest BCUT2D eigenvalue weighted by molar-refractivity contribution is 0.126. The zero-order chi connectivity index (χ0) is 11.3. The van der Waals surface area contributed by atoms with Crippen LogP contribution in [0.1, 0.15) is 30.6 Å². The molecule has 1 rings (SSSR count). The van der Waals surface area contributed by atoms with Gasteiger partial charge < -0.3 is 10.0 Å². The second kappa shape index (κ2) is 5.89. The highest BCUT2D eigenvalue weighted by Gasteiger charge is 2.11. The van der Waals surface area contributed by atoms with Crippen molar-refractivity contribution in [3.8, 4) is 0 Å². The molecule has 2 nitrogen and oxygen atoms in total. The Morgan fingerprint density at radius 3 is 2.60 bits per heavy atom. The maximum atomic E-state index is 10.1. The van der Waals surface area contributed by atoms with Crippen LogP contribution in [0.4, 0.5) is 0 Å². The number of likely N-dealkylation sites (N-methyl/N-ethyl adjacent to an activating group) is 1. The molecule has 1 aromatic carbocycles. The number of nitrogens with zero attached hydrogens (tertiary/aromatic N) is 1. The van der Waals surface area contributed by atoms with E-state index in [-0.39, 0.29) is 6.10 Å². The molecule has 0 radical (unpaired) electrons. The van der Waals surface area contributed by atoms with Crippen LogP contribution < -0.4 is 0 Å². The lowest BCUT2D eigenvalue weighted by Gasteiger charge is -2.21. The summed E-state index contributed by atoms with van der Waals surface area (Å²) < 4.78 is 0. The van der Waals surface area contributed by atoms with Crippen molar-refractivity contribution in [1.82, 2.24) is 4.90 Å². The summed E-state index contributed by atoms with van der Waals surface area (Å²) in [7, 11) is 2.05. The summed E-state index contributed by atoms with van der Waals surface area (Å²) in [6.07, 6.45) is 0.750. The van der Waals surface area contributed by atoms with Crippen LogP contribution in [-0.4, -0.2) is 30.1 Å². The monoisotopic (exact) mass is 207 g/mol. The molecule has 0 saturated heterocycles. The molecule has 0 aliphatic rings. The Morgan fingerprint density at radius 1 is 1.33 bits per heavy atom. The topological polar surface area (TPSA) is 23.5 Å². The van der Waals surface area contributed by atoms with Gasteiger partial charge in [-0.25, -0.2) is 0 Å². The molecule has 1 N–H and O–H groups in total. The lowest BCUT2D eigenvalue weighted by Crippen LogP contribution is -2.25. The normalized spacial score (nSPS) is 13.1. The van der Waals surface area contributed by atoms with E-state index in [4.69, 9.17) is 0 Å². The smallest absolute Gasteiger partial charge is 0.0919 e. The van der Waals surface area contributed by atoms with Crippen LogP contribution in [0.5, 0.6) is 0 Å². The summed E-state index contributed by atoms with van der Waals surface area (Å²) in [6.45, 7) is 5.93. The average Bonchev–Trinajstić information content (AvgIpc) is 2.18. The number of aliphatic hydroxyl groups excluding tert-OH is 1. The summed E-state index contributed by atoms with van der Waals surface area (Å²) >= 11 is 0. The van der Waals surface area contributed by atoms with Crippen LogP contribution in [-0.2, 0) is 0 Å². The number of aryl methyl sites for hydroxylation is 1. The largest absolute Gasteiger partial charge is 0.387 e. The summed E-state index contributed by atoms with van der Waals surface area (Å²) in [5.41, 5.74) is 2.20. The molecule has 1 atom stereocenters. The van der Waals surface area contributed by atoms with Crippen LogP contribution in [0.3, 0.4) is 0 Å². The fraction of sp³-hybridized carbons (Fsp3) is 0.538. The van der Waals surface area contributed by atoms with E-state index in [0.29, 0.717) is 6.54 Å². The van der Waals surface area contributed by atoms with Crippen molar-refractivity contribution in [2.24, 2.45) is 0 Å². The van der Waals surface area contributed by atoms with Gasteiger partial charge in [-0.15, -0.1) is 0 Å². The zero-order valence-electron chi connectivity index (χ0n) is 9.90. The van der Waals surface area contributed by atoms with Gasteiger partial charge in [-0.3, -0.25) is 0 Å². The third-order valence-electron chi connectivity index (χ3n) is 2.64. The molecule has 1 aromatic rings. The SMILES string of the molecule is CCCN(C)CC(O)c1ccccc1C. The predicted molar refractivity (Wildman–Crippen MR) is 63.9 cm³/mol. The van der Waals surface area contributed by atoms with Crippen LogP contribution in [0.2, 0.25) is 0 Å². The Morgan fingerprint density at radius 2 is 2.00 bits per heavy atom. The minimum atomic E-state index is -0.372. The number of hydrogen-bond donors (Lipinski definition) is 1. The van der Waals surface area contributed by atoms with Crippen LogP contribution in [0.25, 0.3) is 0 Å². The second-order valence-corrected chi connectivity index (χ2v) is 4.13. The van der Waals surface area contributed by atoms with Crippen molar-refractivity contribution in [1.29, 1.82) is 0 Å². The number of rotatable bonds is 5. The van der Waals surface area contributed by atoms with Gasteiger partial charge in [0.05, 0.1) is 6.10 Å². The van der Waals surface area contributed by atoms with E-state index in [1.54, 1.807) is 0 Å². The molecule has 84 valence electrons. The van der Waals surface area contributed by atoms with Crippen LogP contribution in [0, 0.1) is 6.92 Å². The standard InChI is InChI=1S/C13H21NO/c1-4-9-14(3)10-13(15)12-8-6-5-7-11(12)2/h5-8,13,15H,4,9-10H2,1-3H3. The molecule has 15 heavy (non-hydrogen) atoms. The summed E-state index contributed by atoms with van der Waals surface area (Å²) in [5, 5.41) is 10.1. The third-order valence-corrected chi connectivity index (χ3v) is 2.64. The molecule has 0 bridgehead atoms. The van der Waals surface area contributed by atoms with Crippen LogP contribution >= 0.6 is 0 Å². The fourth-order valence-corrected chi connectivity index (χ4v) is 1.83. The lowest BCUT2D eigenvalue weighted by atomic mass is 10.0. The van der Waals surface area contributed by atoms with Gasteiger partial charge in [0.25, 0.3) is 0 Å². The average molecular weight is 207 g/mol. The molecule has 0 fully saturated rings. The van der Waals surface area contributed by atoms with Crippen LogP contribution in [0.15, 0.2) is 24.3 Å². The van der Waals surface area contributed by atoms with E-state index < -0.39 is 0 Å². The van der Waals surface area contributed by atoms with Gasteiger partial charge in [0.1, 0.15) is 0 Å². The van der Waals surface area contributed by atoms with E-state index >= 15 is 0 Å². The first-order chi connectivity index (χ1) is 7.15. The van der Waals surface area contributed by atoms with Gasteiger partial charge in [0.2, 0.25) is 0 Å². The maximum Gasteiger partial charge on any atom is 0.0919 e. The first-order valence-corrected chi connectivity index (χ1v) is 5.57. The number of benzene rings is 1. The quantitative estimate of drug-likeness (QED) is 0.801. The molecule has 1 unspecified atom stereocenters. The fourth-order valence-electron chi connectivity index (χ4n) is 1.83. The molecule has 0 heterocycles. The molecule has 2 heteroatoms. The van der Waals surface area contributed by atoms with Gasteiger partial charge in [0, 0.05) is 6.54 Å². The van der Waals surface area contributed by atoms with E-state index in [1.165, 1.54) is 0 Å². The van der Waals surface area contributed by atoms with E-state index in [0.717, 1.165) is 24.1 Å². The van der Waals surface area contributed by atoms with Crippen molar-refractivity contribution in [3.05, 3.63) is 35.4 Å². The van der Waals surface area contributed by atoms with E-state index in [1.807, 2.05) is 38.2 Å². The molecule has 0 spiro atoms. The Bertz CT molecular complexity index is 298. The van der Waals surface area contributed by atoms with E-state index in [2.05, 4.69) is 11.8 Å². The highest BCUT2D eigenvalue weighted by molar-refractivity contribution is 5.27. The molecule has 0 amide bonds. The minimum absolute atomic E-state index is 0.372. The van der Waals surface area contributed by atoms with Crippen molar-refractivity contribution in [2.75, 3.05) is 20.1 Å². The molecule has 0 aliphatic carbocycles. The molecular weight excluding hydrogens is 186 g/mol. The summed E-state index contributed by atoms with van der Waals surface area (Å²) in [4.78, 5) is 2.16. The number of aliphatic hydroxyl groups is 1. The third kappa shape index (κ3) is 3.65. The highest BCUT2D eigenvalue weighted by atomic mass is 16.3. The Hall–Kier alpha value is -0.860. The van der Waals surface area contributed by atoms with Gasteiger partial charge >= 0.3 is 0 Å². The molecular formula is C13H21NO. The highest BCUT2D eigenvalue weighted by Crippen LogP contribution is 2.17. The van der Waals surface area contributed by atoms with Crippen molar-refractivity contribution in [3.63, 3.8) is 0 Å². The molecule has 0 saturated carbocycles. The van der Waals surface area contributed by atoms with Crippen molar-refractivity contribution >= 4 is 0 Å². The van der Waals surface area contributed by atoms with E-state index in [9.17, 15) is 5.11 Å². The zero-order valence-corrected chi connectivity index (χ0v) is 9.90. The van der Waals surface area contributed by atoms with Gasteiger partial charge in [0.15, 0.2) is 0 Å². The Balaban J connectivity index is 2.61. The first-order valence-electron chi connectivity index (χ1n) is 5.57. The maximum absolute atomic E-state index is 10.1. The number of hydrogen-bond acceptors (Lipinski definition) is 2. The summed E-state index contributed by atoms with van der Waals surface area (Å²) in [6, 6.07) is 8.02. The molecule has 0 aliphatic heterocycles. The predicted octanol–water partition coefficient (Wildman–Crippen LogP) is 2.37. The van der Waals surface area contributed by atoms with Crippen molar-refractivity contribution in [2.45, 2.75) is 26.4 Å².